The Morgan fingerprint density at radius 2 is 2.19 bits per heavy atom. The van der Waals surface area contributed by atoms with E-state index < -0.39 is 17.5 Å². The second kappa shape index (κ2) is 3.33. The van der Waals surface area contributed by atoms with Crippen molar-refractivity contribution in [2.75, 3.05) is 0 Å². The second-order valence-corrected chi connectivity index (χ2v) is 4.26. The molecule has 1 heterocycles. The van der Waals surface area contributed by atoms with E-state index in [0.29, 0.717) is 5.56 Å². The first-order chi connectivity index (χ1) is 7.42. The van der Waals surface area contributed by atoms with Crippen molar-refractivity contribution >= 4 is 11.9 Å². The number of carbonyl (C=O) groups is 2. The van der Waals surface area contributed by atoms with Gasteiger partial charge in [0.1, 0.15) is 0 Å². The van der Waals surface area contributed by atoms with Crippen molar-refractivity contribution in [3.8, 4) is 0 Å². The first-order valence-electron chi connectivity index (χ1n) is 4.99. The summed E-state index contributed by atoms with van der Waals surface area (Å²) in [7, 11) is 0. The van der Waals surface area contributed by atoms with Gasteiger partial charge in [0.2, 0.25) is 5.60 Å². The molecule has 1 aliphatic heterocycles. The number of hydrogen-bond donors (Lipinski definition) is 1. The molecule has 1 aromatic carbocycles. The van der Waals surface area contributed by atoms with Gasteiger partial charge in [-0.05, 0) is 25.5 Å². The molecule has 1 aromatic rings. The predicted octanol–water partition coefficient (Wildman–Crippen LogP) is 1.55. The van der Waals surface area contributed by atoms with Gasteiger partial charge in [-0.2, -0.15) is 0 Å². The van der Waals surface area contributed by atoms with E-state index in [2.05, 4.69) is 0 Å². The minimum Gasteiger partial charge on any atom is -0.478 e. The van der Waals surface area contributed by atoms with Gasteiger partial charge in [0.05, 0.1) is 5.56 Å². The third-order valence-electron chi connectivity index (χ3n) is 2.78. The summed E-state index contributed by atoms with van der Waals surface area (Å²) in [6.07, 6.45) is 0.213. The van der Waals surface area contributed by atoms with E-state index in [1.165, 1.54) is 6.92 Å². The molecule has 0 fully saturated rings. The normalized spacial score (nSPS) is 23.5. The summed E-state index contributed by atoms with van der Waals surface area (Å²) in [5.74, 6) is -1.68. The number of aliphatic carboxylic acids is 1. The molecule has 4 heteroatoms. The van der Waals surface area contributed by atoms with Crippen LogP contribution in [0.25, 0.3) is 0 Å². The van der Waals surface area contributed by atoms with Gasteiger partial charge in [0.25, 0.3) is 0 Å². The Bertz CT molecular complexity index is 478. The third kappa shape index (κ3) is 1.56. The minimum atomic E-state index is -1.45. The summed E-state index contributed by atoms with van der Waals surface area (Å²) in [6, 6.07) is 5.31. The molecular weight excluding hydrogens is 208 g/mol. The van der Waals surface area contributed by atoms with Crippen molar-refractivity contribution < 1.29 is 19.4 Å². The number of fused-ring (bicyclic) bond motifs is 1. The average molecular weight is 220 g/mol. The van der Waals surface area contributed by atoms with Crippen LogP contribution < -0.4 is 0 Å². The van der Waals surface area contributed by atoms with Crippen molar-refractivity contribution in [1.82, 2.24) is 0 Å². The molecule has 1 aliphatic rings. The molecule has 16 heavy (non-hydrogen) atoms. The van der Waals surface area contributed by atoms with Gasteiger partial charge in [-0.1, -0.05) is 17.7 Å². The highest BCUT2D eigenvalue weighted by Crippen LogP contribution is 2.28. The molecule has 1 N–H and O–H groups in total. The van der Waals surface area contributed by atoms with Crippen molar-refractivity contribution in [2.24, 2.45) is 0 Å². The molecular formula is C12H12O4. The van der Waals surface area contributed by atoms with Crippen LogP contribution in [0.15, 0.2) is 18.2 Å². The number of carbonyl (C=O) groups excluding carboxylic acids is 1. The number of benzene rings is 1. The lowest BCUT2D eigenvalue weighted by Crippen LogP contribution is -2.45. The molecule has 0 amide bonds. The van der Waals surface area contributed by atoms with Gasteiger partial charge in [-0.3, -0.25) is 0 Å². The summed E-state index contributed by atoms with van der Waals surface area (Å²) in [5, 5.41) is 9.03. The van der Waals surface area contributed by atoms with E-state index in [1.54, 1.807) is 6.07 Å². The van der Waals surface area contributed by atoms with E-state index >= 15 is 0 Å². The number of carboxylic acids is 1. The summed E-state index contributed by atoms with van der Waals surface area (Å²) in [5.41, 5.74) is 0.754. The summed E-state index contributed by atoms with van der Waals surface area (Å²) < 4.78 is 4.96. The molecule has 1 unspecified atom stereocenters. The van der Waals surface area contributed by atoms with E-state index in [-0.39, 0.29) is 6.42 Å². The topological polar surface area (TPSA) is 63.6 Å². The molecule has 0 saturated heterocycles. The molecule has 0 bridgehead atoms. The maximum atomic E-state index is 11.6. The first kappa shape index (κ1) is 10.7. The lowest BCUT2D eigenvalue weighted by atomic mass is 9.89. The Morgan fingerprint density at radius 3 is 2.81 bits per heavy atom. The number of rotatable bonds is 1. The lowest BCUT2D eigenvalue weighted by molar-refractivity contribution is -0.158. The van der Waals surface area contributed by atoms with Gasteiger partial charge in [-0.15, -0.1) is 0 Å². The second-order valence-electron chi connectivity index (χ2n) is 4.26. The number of ether oxygens (including phenoxy) is 1. The van der Waals surface area contributed by atoms with E-state index in [0.717, 1.165) is 11.1 Å². The molecule has 0 radical (unpaired) electrons. The summed E-state index contributed by atoms with van der Waals surface area (Å²) in [6.45, 7) is 3.32. The first-order valence-corrected chi connectivity index (χ1v) is 4.99. The molecule has 4 nitrogen and oxygen atoms in total. The quantitative estimate of drug-likeness (QED) is 0.729. The van der Waals surface area contributed by atoms with Crippen LogP contribution in [-0.4, -0.2) is 22.6 Å². The van der Waals surface area contributed by atoms with E-state index in [9.17, 15) is 9.59 Å². The Kier molecular flexibility index (Phi) is 2.22. The number of aryl methyl sites for hydroxylation is 1. The number of carboxylic acid groups (broad SMARTS) is 1. The van der Waals surface area contributed by atoms with Gasteiger partial charge >= 0.3 is 11.9 Å². The van der Waals surface area contributed by atoms with Crippen LogP contribution in [0.5, 0.6) is 0 Å². The summed E-state index contributed by atoms with van der Waals surface area (Å²) in [4.78, 5) is 22.7. The largest absolute Gasteiger partial charge is 0.478 e. The van der Waals surface area contributed by atoms with Crippen molar-refractivity contribution in [2.45, 2.75) is 25.9 Å². The van der Waals surface area contributed by atoms with Crippen LogP contribution in [0.1, 0.15) is 28.4 Å². The van der Waals surface area contributed by atoms with E-state index in [1.807, 2.05) is 19.1 Å². The lowest BCUT2D eigenvalue weighted by Gasteiger charge is -2.30. The van der Waals surface area contributed by atoms with Crippen LogP contribution in [0.4, 0.5) is 0 Å². The Hall–Kier alpha value is -1.84. The molecule has 2 rings (SSSR count). The maximum Gasteiger partial charge on any atom is 0.348 e. The monoisotopic (exact) mass is 220 g/mol. The van der Waals surface area contributed by atoms with Crippen LogP contribution in [0.3, 0.4) is 0 Å². The molecule has 0 saturated carbocycles. The molecule has 84 valence electrons. The van der Waals surface area contributed by atoms with Crippen LogP contribution >= 0.6 is 0 Å². The zero-order valence-corrected chi connectivity index (χ0v) is 9.11. The standard InChI is InChI=1S/C12H12O4/c1-7-3-4-9-8(5-7)6-12(2,11(14)15)16-10(9)13/h3-5H,6H2,1-2H3,(H,14,15). The zero-order chi connectivity index (χ0) is 11.9. The molecule has 0 aliphatic carbocycles. The third-order valence-corrected chi connectivity index (χ3v) is 2.78. The van der Waals surface area contributed by atoms with Crippen LogP contribution in [0, 0.1) is 6.92 Å². The average Bonchev–Trinajstić information content (AvgIpc) is 2.16. The highest BCUT2D eigenvalue weighted by atomic mass is 16.6. The van der Waals surface area contributed by atoms with Gasteiger partial charge in [0, 0.05) is 6.42 Å². The fourth-order valence-electron chi connectivity index (χ4n) is 1.85. The van der Waals surface area contributed by atoms with Gasteiger partial charge in [0.15, 0.2) is 0 Å². The molecule has 0 aromatic heterocycles. The zero-order valence-electron chi connectivity index (χ0n) is 9.11. The van der Waals surface area contributed by atoms with Gasteiger partial charge < -0.3 is 9.84 Å². The van der Waals surface area contributed by atoms with Crippen molar-refractivity contribution in [3.05, 3.63) is 34.9 Å². The summed E-state index contributed by atoms with van der Waals surface area (Å²) >= 11 is 0. The van der Waals surface area contributed by atoms with Crippen molar-refractivity contribution in [3.63, 3.8) is 0 Å². The number of esters is 1. The number of cyclic esters (lactones) is 1. The smallest absolute Gasteiger partial charge is 0.348 e. The van der Waals surface area contributed by atoms with Crippen molar-refractivity contribution in [1.29, 1.82) is 0 Å². The molecule has 0 spiro atoms. The van der Waals surface area contributed by atoms with E-state index in [4.69, 9.17) is 9.84 Å². The molecule has 1 atom stereocenters. The Morgan fingerprint density at radius 1 is 1.50 bits per heavy atom. The SMILES string of the molecule is Cc1ccc2c(c1)CC(C)(C(=O)O)OC2=O. The highest BCUT2D eigenvalue weighted by molar-refractivity contribution is 5.96. The predicted molar refractivity (Wildman–Crippen MR) is 56.3 cm³/mol. The van der Waals surface area contributed by atoms with Crippen LogP contribution in [-0.2, 0) is 16.0 Å². The minimum absolute atomic E-state index is 0.213. The fraction of sp³-hybridized carbons (Fsp3) is 0.333. The Balaban J connectivity index is 2.50. The Labute approximate surface area is 92.8 Å². The maximum absolute atomic E-state index is 11.6. The fourth-order valence-corrected chi connectivity index (χ4v) is 1.85. The highest BCUT2D eigenvalue weighted by Gasteiger charge is 2.42. The van der Waals surface area contributed by atoms with Gasteiger partial charge in [-0.25, -0.2) is 9.59 Å². The van der Waals surface area contributed by atoms with Crippen LogP contribution in [0.2, 0.25) is 0 Å². The number of hydrogen-bond acceptors (Lipinski definition) is 3.